The van der Waals surface area contributed by atoms with Crippen molar-refractivity contribution in [2.45, 2.75) is 51.3 Å². The molecule has 2 aliphatic heterocycles. The van der Waals surface area contributed by atoms with Crippen molar-refractivity contribution in [3.63, 3.8) is 0 Å². The number of morpholine rings is 1. The minimum Gasteiger partial charge on any atom is -0.444 e. The largest absolute Gasteiger partial charge is 0.444 e. The lowest BCUT2D eigenvalue weighted by atomic mass is 9.85. The number of hydrogen-bond acceptors (Lipinski definition) is 4. The first kappa shape index (κ1) is 13.6. The third-order valence-corrected chi connectivity index (χ3v) is 3.56. The fourth-order valence-electron chi connectivity index (χ4n) is 2.83. The van der Waals surface area contributed by atoms with E-state index in [-0.39, 0.29) is 18.2 Å². The predicted octanol–water partition coefficient (Wildman–Crippen LogP) is 1.36. The molecule has 5 heteroatoms. The van der Waals surface area contributed by atoms with Crippen LogP contribution in [0.4, 0.5) is 4.79 Å². The Labute approximate surface area is 109 Å². The molecule has 0 aromatic heterocycles. The molecule has 0 aromatic carbocycles. The highest BCUT2D eigenvalue weighted by atomic mass is 16.6. The number of carbonyl (C=O) groups excluding carboxylic acids is 1. The van der Waals surface area contributed by atoms with Crippen LogP contribution in [0.2, 0.25) is 0 Å². The molecule has 5 nitrogen and oxygen atoms in total. The third kappa shape index (κ3) is 2.95. The summed E-state index contributed by atoms with van der Waals surface area (Å²) in [6.07, 6.45) is 1.63. The number of piperidine rings is 1. The number of amides is 1. The van der Waals surface area contributed by atoms with Crippen LogP contribution >= 0.6 is 0 Å². The summed E-state index contributed by atoms with van der Waals surface area (Å²) < 4.78 is 11.0. The van der Waals surface area contributed by atoms with Crippen LogP contribution in [-0.2, 0) is 9.47 Å². The Morgan fingerprint density at radius 2 is 1.89 bits per heavy atom. The molecule has 2 fully saturated rings. The van der Waals surface area contributed by atoms with Crippen molar-refractivity contribution in [3.05, 3.63) is 0 Å². The van der Waals surface area contributed by atoms with Crippen molar-refractivity contribution >= 4 is 6.09 Å². The highest BCUT2D eigenvalue weighted by molar-refractivity contribution is 5.69. The third-order valence-electron chi connectivity index (χ3n) is 3.56. The smallest absolute Gasteiger partial charge is 0.410 e. The summed E-state index contributed by atoms with van der Waals surface area (Å²) in [5.74, 6) is 0.502. The highest BCUT2D eigenvalue weighted by Gasteiger charge is 2.42. The fourth-order valence-corrected chi connectivity index (χ4v) is 2.83. The molecule has 2 rings (SSSR count). The van der Waals surface area contributed by atoms with E-state index in [0.29, 0.717) is 25.7 Å². The number of nitrogens with two attached hydrogens (primary N) is 1. The number of ether oxygens (including phenoxy) is 2. The lowest BCUT2D eigenvalue weighted by Gasteiger charge is -2.48. The van der Waals surface area contributed by atoms with Crippen LogP contribution in [0.5, 0.6) is 0 Å². The average Bonchev–Trinajstić information content (AvgIpc) is 2.24. The molecular weight excluding hydrogens is 232 g/mol. The first-order valence-corrected chi connectivity index (χ1v) is 6.70. The van der Waals surface area contributed by atoms with E-state index < -0.39 is 5.60 Å². The number of hydrogen-bond donors (Lipinski definition) is 1. The van der Waals surface area contributed by atoms with Gasteiger partial charge in [0.2, 0.25) is 0 Å². The second-order valence-corrected chi connectivity index (χ2v) is 6.31. The summed E-state index contributed by atoms with van der Waals surface area (Å²) in [5, 5.41) is 0. The summed E-state index contributed by atoms with van der Waals surface area (Å²) in [6.45, 7) is 7.57. The normalized spacial score (nSPS) is 32.2. The van der Waals surface area contributed by atoms with Crippen molar-refractivity contribution in [1.29, 1.82) is 0 Å². The zero-order valence-corrected chi connectivity index (χ0v) is 11.5. The molecular formula is C13H24N2O3. The first-order valence-electron chi connectivity index (χ1n) is 6.70. The van der Waals surface area contributed by atoms with Crippen molar-refractivity contribution in [1.82, 2.24) is 4.90 Å². The van der Waals surface area contributed by atoms with Gasteiger partial charge in [-0.3, -0.25) is 4.90 Å². The highest BCUT2D eigenvalue weighted by Crippen LogP contribution is 2.32. The number of fused-ring (bicyclic) bond motifs is 2. The van der Waals surface area contributed by atoms with E-state index in [9.17, 15) is 4.79 Å². The molecule has 2 heterocycles. The second-order valence-electron chi connectivity index (χ2n) is 6.31. The molecule has 1 unspecified atom stereocenters. The van der Waals surface area contributed by atoms with Gasteiger partial charge in [-0.2, -0.15) is 0 Å². The Kier molecular flexibility index (Phi) is 3.82. The Morgan fingerprint density at radius 3 is 2.33 bits per heavy atom. The minimum absolute atomic E-state index is 0.126. The van der Waals surface area contributed by atoms with Gasteiger partial charge in [0.1, 0.15) is 5.60 Å². The van der Waals surface area contributed by atoms with E-state index in [1.54, 1.807) is 0 Å². The van der Waals surface area contributed by atoms with Crippen LogP contribution in [0.15, 0.2) is 0 Å². The van der Waals surface area contributed by atoms with E-state index in [1.807, 2.05) is 25.7 Å². The van der Waals surface area contributed by atoms with E-state index in [0.717, 1.165) is 12.8 Å². The lowest BCUT2D eigenvalue weighted by Crippen LogP contribution is -2.60. The SMILES string of the molecule is CC(C)(C)OC(=O)N1[C@@H]2COC[C@H]1CC(CN)C2. The van der Waals surface area contributed by atoms with E-state index >= 15 is 0 Å². The number of rotatable bonds is 1. The molecule has 104 valence electrons. The van der Waals surface area contributed by atoms with E-state index in [2.05, 4.69) is 0 Å². The molecule has 0 saturated carbocycles. The molecule has 0 spiro atoms. The first-order chi connectivity index (χ1) is 8.40. The summed E-state index contributed by atoms with van der Waals surface area (Å²) in [7, 11) is 0. The number of carbonyl (C=O) groups is 1. The monoisotopic (exact) mass is 256 g/mol. The van der Waals surface area contributed by atoms with E-state index in [4.69, 9.17) is 15.2 Å². The Balaban J connectivity index is 2.06. The Morgan fingerprint density at radius 1 is 1.33 bits per heavy atom. The standard InChI is InChI=1S/C13H24N2O3/c1-13(2,3)18-12(16)15-10-4-9(6-14)5-11(15)8-17-7-10/h9-11H,4-8,14H2,1-3H3/t9?,10-,11+. The molecule has 1 amide bonds. The van der Waals surface area contributed by atoms with Gasteiger partial charge in [-0.1, -0.05) is 0 Å². The summed E-state index contributed by atoms with van der Waals surface area (Å²) in [4.78, 5) is 14.1. The topological polar surface area (TPSA) is 64.8 Å². The van der Waals surface area contributed by atoms with Gasteiger partial charge < -0.3 is 15.2 Å². The van der Waals surface area contributed by atoms with Gasteiger partial charge in [-0.25, -0.2) is 4.79 Å². The second kappa shape index (κ2) is 5.05. The quantitative estimate of drug-likeness (QED) is 0.769. The number of nitrogens with zero attached hydrogens (tertiary/aromatic N) is 1. The minimum atomic E-state index is -0.447. The van der Waals surface area contributed by atoms with Crippen LogP contribution in [-0.4, -0.2) is 48.4 Å². The summed E-state index contributed by atoms with van der Waals surface area (Å²) in [5.41, 5.74) is 5.31. The molecule has 2 N–H and O–H groups in total. The average molecular weight is 256 g/mol. The molecule has 0 aliphatic carbocycles. The molecule has 2 saturated heterocycles. The maximum atomic E-state index is 12.2. The van der Waals surface area contributed by atoms with Crippen molar-refractivity contribution in [2.24, 2.45) is 11.7 Å². The fraction of sp³-hybridized carbons (Fsp3) is 0.923. The van der Waals surface area contributed by atoms with Crippen LogP contribution in [0.25, 0.3) is 0 Å². The van der Waals surface area contributed by atoms with Gasteiger partial charge in [0, 0.05) is 0 Å². The van der Waals surface area contributed by atoms with Gasteiger partial charge >= 0.3 is 6.09 Å². The zero-order valence-electron chi connectivity index (χ0n) is 11.5. The van der Waals surface area contributed by atoms with Crippen LogP contribution in [0, 0.1) is 5.92 Å². The molecule has 2 aliphatic rings. The zero-order chi connectivity index (χ0) is 13.3. The summed E-state index contributed by atoms with van der Waals surface area (Å²) in [6, 6.07) is 0.252. The van der Waals surface area contributed by atoms with Gasteiger partial charge in [-0.15, -0.1) is 0 Å². The van der Waals surface area contributed by atoms with Gasteiger partial charge in [0.05, 0.1) is 25.3 Å². The van der Waals surface area contributed by atoms with Crippen molar-refractivity contribution < 1.29 is 14.3 Å². The molecule has 0 aromatic rings. The van der Waals surface area contributed by atoms with Crippen LogP contribution in [0.1, 0.15) is 33.6 Å². The van der Waals surface area contributed by atoms with Gasteiger partial charge in [0.15, 0.2) is 0 Å². The van der Waals surface area contributed by atoms with E-state index in [1.165, 1.54) is 0 Å². The van der Waals surface area contributed by atoms with Crippen molar-refractivity contribution in [3.8, 4) is 0 Å². The maximum absolute atomic E-state index is 12.2. The lowest BCUT2D eigenvalue weighted by molar-refractivity contribution is -0.0886. The van der Waals surface area contributed by atoms with Crippen molar-refractivity contribution in [2.75, 3.05) is 19.8 Å². The van der Waals surface area contributed by atoms with Crippen LogP contribution in [0.3, 0.4) is 0 Å². The molecule has 3 atom stereocenters. The maximum Gasteiger partial charge on any atom is 0.410 e. The Hall–Kier alpha value is -0.810. The predicted molar refractivity (Wildman–Crippen MR) is 68.2 cm³/mol. The molecule has 0 radical (unpaired) electrons. The van der Waals surface area contributed by atoms with Crippen LogP contribution < -0.4 is 5.73 Å². The van der Waals surface area contributed by atoms with Gasteiger partial charge in [0.25, 0.3) is 0 Å². The molecule has 18 heavy (non-hydrogen) atoms. The molecule has 2 bridgehead atoms. The van der Waals surface area contributed by atoms with Gasteiger partial charge in [-0.05, 0) is 46.1 Å². The summed E-state index contributed by atoms with van der Waals surface area (Å²) >= 11 is 0. The Bertz CT molecular complexity index is 300.